The molecule has 0 saturated carbocycles. The van der Waals surface area contributed by atoms with E-state index in [4.69, 9.17) is 4.74 Å². The highest BCUT2D eigenvalue weighted by atomic mass is 79.9. The van der Waals surface area contributed by atoms with Gasteiger partial charge in [0.05, 0.1) is 4.83 Å². The van der Waals surface area contributed by atoms with Crippen LogP contribution in [0.1, 0.15) is 35.2 Å². The van der Waals surface area contributed by atoms with Crippen molar-refractivity contribution in [1.29, 1.82) is 0 Å². The van der Waals surface area contributed by atoms with Crippen LogP contribution in [0.2, 0.25) is 0 Å². The molecule has 0 bridgehead atoms. The van der Waals surface area contributed by atoms with E-state index >= 15 is 0 Å². The summed E-state index contributed by atoms with van der Waals surface area (Å²) in [7, 11) is 0. The zero-order valence-electron chi connectivity index (χ0n) is 10.1. The molecule has 0 aromatic heterocycles. The minimum absolute atomic E-state index is 0.0619. The monoisotopic (exact) mass is 306 g/mol. The van der Waals surface area contributed by atoms with Gasteiger partial charge in [-0.05, 0) is 30.4 Å². The number of aryl methyl sites for hydroxylation is 1. The normalized spacial score (nSPS) is 31.1. The lowest BCUT2D eigenvalue weighted by molar-refractivity contribution is -0.146. The third kappa shape index (κ3) is 1.72. The topological polar surface area (TPSA) is 26.3 Å². The number of carbonyl (C=O) groups is 1. The third-order valence-electron chi connectivity index (χ3n) is 3.93. The van der Waals surface area contributed by atoms with Crippen molar-refractivity contribution in [2.75, 3.05) is 0 Å². The minimum atomic E-state index is -0.430. The first-order chi connectivity index (χ1) is 8.62. The van der Waals surface area contributed by atoms with Crippen LogP contribution in [0.25, 0.3) is 0 Å². The summed E-state index contributed by atoms with van der Waals surface area (Å²) in [6, 6.07) is 8.39. The van der Waals surface area contributed by atoms with Crippen molar-refractivity contribution < 1.29 is 9.53 Å². The zero-order valence-corrected chi connectivity index (χ0v) is 11.7. The first kappa shape index (κ1) is 12.0. The number of ether oxygens (including phenoxy) is 1. The molecule has 1 fully saturated rings. The SMILES string of the molecule is C=C1C[C@]2(CCCc3ccccc3[C@H]2Br)OC1=O. The summed E-state index contributed by atoms with van der Waals surface area (Å²) in [5.74, 6) is -0.237. The number of esters is 1. The number of hydrogen-bond donors (Lipinski definition) is 0. The maximum absolute atomic E-state index is 11.7. The van der Waals surface area contributed by atoms with Gasteiger partial charge in [-0.15, -0.1) is 0 Å². The molecule has 0 unspecified atom stereocenters. The molecule has 2 atom stereocenters. The first-order valence-corrected chi connectivity index (χ1v) is 7.17. The highest BCUT2D eigenvalue weighted by Gasteiger charge is 2.49. The minimum Gasteiger partial charge on any atom is -0.454 e. The number of alkyl halides is 1. The molecule has 1 aliphatic carbocycles. The molecule has 94 valence electrons. The molecule has 1 saturated heterocycles. The number of hydrogen-bond acceptors (Lipinski definition) is 2. The molecular formula is C15H15BrO2. The Labute approximate surface area is 115 Å². The van der Waals surface area contributed by atoms with E-state index in [-0.39, 0.29) is 10.8 Å². The first-order valence-electron chi connectivity index (χ1n) is 6.25. The van der Waals surface area contributed by atoms with Crippen molar-refractivity contribution in [1.82, 2.24) is 0 Å². The van der Waals surface area contributed by atoms with E-state index < -0.39 is 5.60 Å². The standard InChI is InChI=1S/C15H15BrO2/c1-10-9-15(18-14(10)17)8-4-6-11-5-2-3-7-12(11)13(15)16/h2-3,5,7,13H,1,4,6,8-9H2/t13-,15+/m1/s1. The molecule has 0 radical (unpaired) electrons. The average molecular weight is 307 g/mol. The summed E-state index contributed by atoms with van der Waals surface area (Å²) in [6.07, 6.45) is 3.61. The summed E-state index contributed by atoms with van der Waals surface area (Å²) in [4.78, 5) is 11.7. The second kappa shape index (κ2) is 4.23. The predicted octanol–water partition coefficient (Wildman–Crippen LogP) is 3.70. The third-order valence-corrected chi connectivity index (χ3v) is 5.26. The lowest BCUT2D eigenvalue weighted by atomic mass is 9.88. The second-order valence-electron chi connectivity index (χ2n) is 5.15. The number of carbonyl (C=O) groups excluding carboxylic acids is 1. The van der Waals surface area contributed by atoms with Crippen LogP contribution >= 0.6 is 15.9 Å². The molecule has 3 rings (SSSR count). The Morgan fingerprint density at radius 2 is 2.17 bits per heavy atom. The van der Waals surface area contributed by atoms with Gasteiger partial charge in [-0.25, -0.2) is 4.79 Å². The molecule has 0 amide bonds. The van der Waals surface area contributed by atoms with Crippen molar-refractivity contribution >= 4 is 21.9 Å². The number of rotatable bonds is 0. The maximum atomic E-state index is 11.7. The Balaban J connectivity index is 2.04. The van der Waals surface area contributed by atoms with Crippen LogP contribution in [0.3, 0.4) is 0 Å². The fraction of sp³-hybridized carbons (Fsp3) is 0.400. The molecule has 1 heterocycles. The molecule has 18 heavy (non-hydrogen) atoms. The van der Waals surface area contributed by atoms with Gasteiger partial charge in [-0.1, -0.05) is 46.8 Å². The van der Waals surface area contributed by atoms with E-state index in [1.54, 1.807) is 0 Å². The quantitative estimate of drug-likeness (QED) is 0.415. The summed E-state index contributed by atoms with van der Waals surface area (Å²) < 4.78 is 5.67. The van der Waals surface area contributed by atoms with Crippen LogP contribution in [0.15, 0.2) is 36.4 Å². The largest absolute Gasteiger partial charge is 0.454 e. The van der Waals surface area contributed by atoms with Gasteiger partial charge in [0.25, 0.3) is 0 Å². The van der Waals surface area contributed by atoms with E-state index in [0.29, 0.717) is 12.0 Å². The Morgan fingerprint density at radius 3 is 2.89 bits per heavy atom. The van der Waals surface area contributed by atoms with Crippen LogP contribution in [0.5, 0.6) is 0 Å². The summed E-state index contributed by atoms with van der Waals surface area (Å²) in [5, 5.41) is 0. The van der Waals surface area contributed by atoms with Gasteiger partial charge in [-0.2, -0.15) is 0 Å². The van der Waals surface area contributed by atoms with Crippen molar-refractivity contribution in [3.05, 3.63) is 47.5 Å². The van der Waals surface area contributed by atoms with Crippen LogP contribution in [-0.4, -0.2) is 11.6 Å². The Morgan fingerprint density at radius 1 is 1.39 bits per heavy atom. The summed E-state index contributed by atoms with van der Waals surface area (Å²) in [6.45, 7) is 3.81. The lowest BCUT2D eigenvalue weighted by Crippen LogP contribution is -2.32. The van der Waals surface area contributed by atoms with E-state index in [1.165, 1.54) is 11.1 Å². The fourth-order valence-corrected chi connectivity index (χ4v) is 3.94. The maximum Gasteiger partial charge on any atom is 0.334 e. The molecule has 2 aliphatic rings. The summed E-state index contributed by atoms with van der Waals surface area (Å²) in [5.41, 5.74) is 2.77. The van der Waals surface area contributed by atoms with Gasteiger partial charge in [0.15, 0.2) is 0 Å². The van der Waals surface area contributed by atoms with E-state index in [1.807, 2.05) is 6.07 Å². The molecule has 1 aliphatic heterocycles. The molecule has 1 aromatic carbocycles. The van der Waals surface area contributed by atoms with Gasteiger partial charge in [-0.3, -0.25) is 0 Å². The molecular weight excluding hydrogens is 292 g/mol. The van der Waals surface area contributed by atoms with Crippen LogP contribution < -0.4 is 0 Å². The number of fused-ring (bicyclic) bond motifs is 1. The van der Waals surface area contributed by atoms with Crippen molar-refractivity contribution in [2.24, 2.45) is 0 Å². The van der Waals surface area contributed by atoms with Crippen molar-refractivity contribution in [2.45, 2.75) is 36.1 Å². The van der Waals surface area contributed by atoms with Crippen LogP contribution in [-0.2, 0) is 16.0 Å². The highest BCUT2D eigenvalue weighted by Crippen LogP contribution is 2.50. The molecule has 1 aromatic rings. The Hall–Kier alpha value is -1.09. The van der Waals surface area contributed by atoms with Crippen molar-refractivity contribution in [3.8, 4) is 0 Å². The van der Waals surface area contributed by atoms with Gasteiger partial charge in [0.2, 0.25) is 0 Å². The van der Waals surface area contributed by atoms with Gasteiger partial charge in [0.1, 0.15) is 5.60 Å². The molecule has 0 N–H and O–H groups in total. The van der Waals surface area contributed by atoms with Crippen LogP contribution in [0.4, 0.5) is 0 Å². The van der Waals surface area contributed by atoms with E-state index in [0.717, 1.165) is 19.3 Å². The smallest absolute Gasteiger partial charge is 0.334 e. The van der Waals surface area contributed by atoms with Crippen LogP contribution in [0, 0.1) is 0 Å². The Kier molecular flexibility index (Phi) is 2.81. The lowest BCUT2D eigenvalue weighted by Gasteiger charge is -2.31. The van der Waals surface area contributed by atoms with E-state index in [2.05, 4.69) is 40.7 Å². The zero-order chi connectivity index (χ0) is 12.8. The molecule has 2 nitrogen and oxygen atoms in total. The molecule has 3 heteroatoms. The number of benzene rings is 1. The van der Waals surface area contributed by atoms with Gasteiger partial charge < -0.3 is 4.74 Å². The predicted molar refractivity (Wildman–Crippen MR) is 73.6 cm³/mol. The van der Waals surface area contributed by atoms with E-state index in [9.17, 15) is 4.79 Å². The second-order valence-corrected chi connectivity index (χ2v) is 6.07. The average Bonchev–Trinajstić information content (AvgIpc) is 2.58. The van der Waals surface area contributed by atoms with Gasteiger partial charge in [0, 0.05) is 12.0 Å². The summed E-state index contributed by atoms with van der Waals surface area (Å²) >= 11 is 3.76. The number of halogens is 1. The van der Waals surface area contributed by atoms with Crippen molar-refractivity contribution in [3.63, 3.8) is 0 Å². The fourth-order valence-electron chi connectivity index (χ4n) is 3.00. The Bertz CT molecular complexity index is 505. The highest BCUT2D eigenvalue weighted by molar-refractivity contribution is 9.09. The molecule has 1 spiro atoms. The van der Waals surface area contributed by atoms with Gasteiger partial charge >= 0.3 is 5.97 Å².